The number of hydrogen-bond acceptors (Lipinski definition) is 2. The van der Waals surface area contributed by atoms with E-state index in [0.717, 1.165) is 0 Å². The van der Waals surface area contributed by atoms with Crippen LogP contribution in [0.3, 0.4) is 0 Å². The van der Waals surface area contributed by atoms with Crippen LogP contribution in [-0.4, -0.2) is 12.5 Å². The van der Waals surface area contributed by atoms with Crippen LogP contribution in [0.5, 0.6) is 0 Å². The quantitative estimate of drug-likeness (QED) is 0.825. The molecule has 3 N–H and O–H groups in total. The number of hydrogen-bond donors (Lipinski definition) is 2. The van der Waals surface area contributed by atoms with Crippen LogP contribution in [0.15, 0.2) is 54.6 Å². The van der Waals surface area contributed by atoms with Gasteiger partial charge in [0.15, 0.2) is 0 Å². The Morgan fingerprint density at radius 1 is 1.05 bits per heavy atom. The number of nitrogens with one attached hydrogen (secondary N) is 1. The summed E-state index contributed by atoms with van der Waals surface area (Å²) in [5, 5.41) is 3.02. The summed E-state index contributed by atoms with van der Waals surface area (Å²) < 4.78 is 0. The van der Waals surface area contributed by atoms with Gasteiger partial charge in [-0.15, -0.1) is 0 Å². The third kappa shape index (κ3) is 4.09. The molecular formula is C18H22N2O. The topological polar surface area (TPSA) is 55.1 Å². The second-order valence-corrected chi connectivity index (χ2v) is 5.59. The fourth-order valence-corrected chi connectivity index (χ4v) is 2.38. The third-order valence-corrected chi connectivity index (χ3v) is 3.69. The molecule has 110 valence electrons. The Kier molecular flexibility index (Phi) is 4.99. The molecule has 0 spiro atoms. The van der Waals surface area contributed by atoms with Gasteiger partial charge < -0.3 is 11.1 Å². The SMILES string of the molecule is CC(C)C(CNC(=O)c1ccc(N)cc1)c1ccccc1. The van der Waals surface area contributed by atoms with Crippen LogP contribution in [0.25, 0.3) is 0 Å². The predicted octanol–water partition coefficient (Wildman–Crippen LogP) is 3.44. The first kappa shape index (κ1) is 15.1. The average Bonchev–Trinajstić information content (AvgIpc) is 2.48. The van der Waals surface area contributed by atoms with E-state index in [-0.39, 0.29) is 5.91 Å². The summed E-state index contributed by atoms with van der Waals surface area (Å²) in [4.78, 5) is 12.2. The zero-order valence-corrected chi connectivity index (χ0v) is 12.5. The summed E-state index contributed by atoms with van der Waals surface area (Å²) in [5.74, 6) is 0.708. The average molecular weight is 282 g/mol. The van der Waals surface area contributed by atoms with E-state index in [0.29, 0.717) is 29.6 Å². The Morgan fingerprint density at radius 3 is 2.24 bits per heavy atom. The molecule has 1 atom stereocenters. The van der Waals surface area contributed by atoms with Gasteiger partial charge in [-0.25, -0.2) is 0 Å². The van der Waals surface area contributed by atoms with Crippen LogP contribution < -0.4 is 11.1 Å². The molecule has 3 nitrogen and oxygen atoms in total. The van der Waals surface area contributed by atoms with Gasteiger partial charge in [-0.1, -0.05) is 44.2 Å². The highest BCUT2D eigenvalue weighted by Gasteiger charge is 2.17. The number of carbonyl (C=O) groups excluding carboxylic acids is 1. The maximum atomic E-state index is 12.2. The van der Waals surface area contributed by atoms with Crippen molar-refractivity contribution < 1.29 is 4.79 Å². The first-order chi connectivity index (χ1) is 10.1. The number of nitrogens with two attached hydrogens (primary N) is 1. The summed E-state index contributed by atoms with van der Waals surface area (Å²) in [6.07, 6.45) is 0. The van der Waals surface area contributed by atoms with Crippen molar-refractivity contribution in [3.8, 4) is 0 Å². The van der Waals surface area contributed by atoms with Crippen LogP contribution in [0.1, 0.15) is 35.7 Å². The minimum absolute atomic E-state index is 0.0587. The number of rotatable bonds is 5. The molecule has 1 unspecified atom stereocenters. The lowest BCUT2D eigenvalue weighted by Crippen LogP contribution is -2.30. The molecule has 1 amide bonds. The summed E-state index contributed by atoms with van der Waals surface area (Å²) >= 11 is 0. The monoisotopic (exact) mass is 282 g/mol. The maximum absolute atomic E-state index is 12.2. The van der Waals surface area contributed by atoms with Crippen molar-refractivity contribution in [3.05, 3.63) is 65.7 Å². The number of amides is 1. The smallest absolute Gasteiger partial charge is 0.251 e. The van der Waals surface area contributed by atoms with Gasteiger partial charge in [0.1, 0.15) is 0 Å². The van der Waals surface area contributed by atoms with Gasteiger partial charge in [-0.05, 0) is 35.7 Å². The molecule has 2 rings (SSSR count). The molecule has 0 aliphatic carbocycles. The minimum atomic E-state index is -0.0587. The highest BCUT2D eigenvalue weighted by Crippen LogP contribution is 2.23. The van der Waals surface area contributed by atoms with Gasteiger partial charge in [0.25, 0.3) is 5.91 Å². The van der Waals surface area contributed by atoms with Gasteiger partial charge >= 0.3 is 0 Å². The van der Waals surface area contributed by atoms with Crippen LogP contribution in [0.2, 0.25) is 0 Å². The van der Waals surface area contributed by atoms with Crippen LogP contribution in [0.4, 0.5) is 5.69 Å². The molecule has 0 saturated carbocycles. The van der Waals surface area contributed by atoms with Crippen LogP contribution >= 0.6 is 0 Å². The first-order valence-corrected chi connectivity index (χ1v) is 7.26. The normalized spacial score (nSPS) is 12.1. The molecule has 3 heteroatoms. The minimum Gasteiger partial charge on any atom is -0.399 e. The van der Waals surface area contributed by atoms with Crippen molar-refractivity contribution in [2.45, 2.75) is 19.8 Å². The van der Waals surface area contributed by atoms with E-state index >= 15 is 0 Å². The molecular weight excluding hydrogens is 260 g/mol. The van der Waals surface area contributed by atoms with Gasteiger partial charge in [0.05, 0.1) is 0 Å². The number of benzene rings is 2. The van der Waals surface area contributed by atoms with Gasteiger partial charge in [0, 0.05) is 23.7 Å². The van der Waals surface area contributed by atoms with Gasteiger partial charge in [-0.2, -0.15) is 0 Å². The van der Waals surface area contributed by atoms with Crippen LogP contribution in [-0.2, 0) is 0 Å². The lowest BCUT2D eigenvalue weighted by atomic mass is 9.88. The fraction of sp³-hybridized carbons (Fsp3) is 0.278. The van der Waals surface area contributed by atoms with Crippen molar-refractivity contribution in [2.75, 3.05) is 12.3 Å². The van der Waals surface area contributed by atoms with Crippen molar-refractivity contribution in [3.63, 3.8) is 0 Å². The Bertz CT molecular complexity index is 576. The van der Waals surface area contributed by atoms with E-state index < -0.39 is 0 Å². The van der Waals surface area contributed by atoms with E-state index in [1.165, 1.54) is 5.56 Å². The molecule has 0 aliphatic rings. The van der Waals surface area contributed by atoms with Gasteiger partial charge in [-0.3, -0.25) is 4.79 Å². The van der Waals surface area contributed by atoms with E-state index in [9.17, 15) is 4.79 Å². The molecule has 2 aromatic rings. The number of nitrogen functional groups attached to an aromatic ring is 1. The summed E-state index contributed by atoms with van der Waals surface area (Å²) in [6.45, 7) is 4.98. The van der Waals surface area contributed by atoms with Gasteiger partial charge in [0.2, 0.25) is 0 Å². The predicted molar refractivity (Wildman–Crippen MR) is 87.2 cm³/mol. The molecule has 0 aromatic heterocycles. The molecule has 0 radical (unpaired) electrons. The maximum Gasteiger partial charge on any atom is 0.251 e. The van der Waals surface area contributed by atoms with E-state index in [1.807, 2.05) is 18.2 Å². The molecule has 0 aliphatic heterocycles. The lowest BCUT2D eigenvalue weighted by Gasteiger charge is -2.22. The van der Waals surface area contributed by atoms with Crippen molar-refractivity contribution >= 4 is 11.6 Å². The number of carbonyl (C=O) groups is 1. The molecule has 2 aromatic carbocycles. The Hall–Kier alpha value is -2.29. The largest absolute Gasteiger partial charge is 0.399 e. The first-order valence-electron chi connectivity index (χ1n) is 7.26. The highest BCUT2D eigenvalue weighted by atomic mass is 16.1. The second kappa shape index (κ2) is 6.93. The standard InChI is InChI=1S/C18H22N2O/c1-13(2)17(14-6-4-3-5-7-14)12-20-18(21)15-8-10-16(19)11-9-15/h3-11,13,17H,12,19H2,1-2H3,(H,20,21). The Morgan fingerprint density at radius 2 is 1.67 bits per heavy atom. The highest BCUT2D eigenvalue weighted by molar-refractivity contribution is 5.94. The Labute approximate surface area is 126 Å². The molecule has 21 heavy (non-hydrogen) atoms. The molecule has 0 fully saturated rings. The van der Waals surface area contributed by atoms with Crippen LogP contribution in [0, 0.1) is 5.92 Å². The summed E-state index contributed by atoms with van der Waals surface area (Å²) in [7, 11) is 0. The zero-order valence-electron chi connectivity index (χ0n) is 12.5. The summed E-state index contributed by atoms with van der Waals surface area (Å²) in [5.41, 5.74) is 8.19. The molecule has 0 saturated heterocycles. The van der Waals surface area contributed by atoms with Crippen molar-refractivity contribution in [1.82, 2.24) is 5.32 Å². The number of anilines is 1. The second-order valence-electron chi connectivity index (χ2n) is 5.59. The van der Waals surface area contributed by atoms with E-state index in [4.69, 9.17) is 5.73 Å². The zero-order chi connectivity index (χ0) is 15.2. The van der Waals surface area contributed by atoms with E-state index in [2.05, 4.69) is 31.3 Å². The fourth-order valence-electron chi connectivity index (χ4n) is 2.38. The van der Waals surface area contributed by atoms with E-state index in [1.54, 1.807) is 24.3 Å². The third-order valence-electron chi connectivity index (χ3n) is 3.69. The molecule has 0 bridgehead atoms. The van der Waals surface area contributed by atoms with Crippen molar-refractivity contribution in [1.29, 1.82) is 0 Å². The van der Waals surface area contributed by atoms with Crippen molar-refractivity contribution in [2.24, 2.45) is 5.92 Å². The lowest BCUT2D eigenvalue weighted by molar-refractivity contribution is 0.0949. The Balaban J connectivity index is 2.02. The summed E-state index contributed by atoms with van der Waals surface area (Å²) in [6, 6.07) is 17.3. The molecule has 0 heterocycles.